The second-order valence-corrected chi connectivity index (χ2v) is 10.4. The molecule has 5 nitrogen and oxygen atoms in total. The van der Waals surface area contributed by atoms with Gasteiger partial charge in [0.1, 0.15) is 4.21 Å². The van der Waals surface area contributed by atoms with Crippen molar-refractivity contribution in [2.75, 3.05) is 20.8 Å². The topological polar surface area (TPSA) is 55.8 Å². The number of ether oxygens (including phenoxy) is 2. The van der Waals surface area contributed by atoms with Gasteiger partial charge in [-0.3, -0.25) is 0 Å². The number of fused-ring (bicyclic) bond motifs is 1. The van der Waals surface area contributed by atoms with Crippen molar-refractivity contribution >= 4 is 21.4 Å². The molecule has 0 saturated carbocycles. The molecule has 0 aliphatic carbocycles. The second-order valence-electron chi connectivity index (χ2n) is 6.95. The van der Waals surface area contributed by atoms with Crippen LogP contribution in [0.25, 0.3) is 0 Å². The molecule has 152 valence electrons. The largest absolute Gasteiger partial charge is 0.493 e. The number of hydrogen-bond acceptors (Lipinski definition) is 5. The first kappa shape index (κ1) is 19.9. The van der Waals surface area contributed by atoms with Crippen LogP contribution in [-0.2, 0) is 16.4 Å². The van der Waals surface area contributed by atoms with Gasteiger partial charge < -0.3 is 9.47 Å². The minimum absolute atomic E-state index is 0.375. The van der Waals surface area contributed by atoms with Crippen molar-refractivity contribution in [1.82, 2.24) is 4.31 Å². The van der Waals surface area contributed by atoms with Crippen LogP contribution in [0.1, 0.15) is 27.6 Å². The Kier molecular flexibility index (Phi) is 5.38. The van der Waals surface area contributed by atoms with E-state index >= 15 is 0 Å². The summed E-state index contributed by atoms with van der Waals surface area (Å²) in [4.78, 5) is 0.976. The van der Waals surface area contributed by atoms with Gasteiger partial charge in [0.2, 0.25) is 0 Å². The molecule has 29 heavy (non-hydrogen) atoms. The van der Waals surface area contributed by atoms with E-state index in [-0.39, 0.29) is 0 Å². The van der Waals surface area contributed by atoms with E-state index in [0.29, 0.717) is 28.7 Å². The number of hydrogen-bond donors (Lipinski definition) is 0. The van der Waals surface area contributed by atoms with Crippen molar-refractivity contribution in [3.63, 3.8) is 0 Å². The number of sulfonamides is 1. The van der Waals surface area contributed by atoms with Crippen LogP contribution >= 0.6 is 11.3 Å². The first-order chi connectivity index (χ1) is 14.0. The van der Waals surface area contributed by atoms with Gasteiger partial charge in [-0.15, -0.1) is 11.3 Å². The summed E-state index contributed by atoms with van der Waals surface area (Å²) >= 11 is 1.31. The quantitative estimate of drug-likeness (QED) is 0.603. The Labute approximate surface area is 175 Å². The molecule has 0 radical (unpaired) electrons. The average molecular weight is 430 g/mol. The molecule has 0 unspecified atom stereocenters. The van der Waals surface area contributed by atoms with Crippen molar-refractivity contribution < 1.29 is 17.9 Å². The van der Waals surface area contributed by atoms with Gasteiger partial charge >= 0.3 is 0 Å². The van der Waals surface area contributed by atoms with Crippen LogP contribution in [-0.4, -0.2) is 33.5 Å². The van der Waals surface area contributed by atoms with Crippen LogP contribution in [0.3, 0.4) is 0 Å². The highest BCUT2D eigenvalue weighted by Crippen LogP contribution is 2.43. The van der Waals surface area contributed by atoms with Gasteiger partial charge in [-0.1, -0.05) is 30.3 Å². The van der Waals surface area contributed by atoms with Crippen LogP contribution in [0, 0.1) is 6.92 Å². The molecular formula is C22H23NO4S2. The van der Waals surface area contributed by atoms with E-state index in [0.717, 1.165) is 21.6 Å². The zero-order valence-electron chi connectivity index (χ0n) is 16.6. The summed E-state index contributed by atoms with van der Waals surface area (Å²) in [5.74, 6) is 1.25. The maximum absolute atomic E-state index is 13.6. The Morgan fingerprint density at radius 1 is 1.00 bits per heavy atom. The van der Waals surface area contributed by atoms with Crippen LogP contribution in [0.2, 0.25) is 0 Å². The van der Waals surface area contributed by atoms with E-state index < -0.39 is 16.1 Å². The van der Waals surface area contributed by atoms with Crippen molar-refractivity contribution in [2.24, 2.45) is 0 Å². The van der Waals surface area contributed by atoms with Crippen molar-refractivity contribution in [3.05, 3.63) is 76.2 Å². The summed E-state index contributed by atoms with van der Waals surface area (Å²) in [6, 6.07) is 16.7. The monoisotopic (exact) mass is 429 g/mol. The van der Waals surface area contributed by atoms with Gasteiger partial charge in [-0.05, 0) is 54.3 Å². The summed E-state index contributed by atoms with van der Waals surface area (Å²) in [6.45, 7) is 2.32. The van der Waals surface area contributed by atoms with Crippen LogP contribution in [0.15, 0.2) is 58.8 Å². The minimum Gasteiger partial charge on any atom is -0.493 e. The average Bonchev–Trinajstić information content (AvgIpc) is 3.19. The summed E-state index contributed by atoms with van der Waals surface area (Å²) < 4.78 is 40.1. The highest BCUT2D eigenvalue weighted by molar-refractivity contribution is 7.91. The molecule has 0 spiro atoms. The molecule has 0 saturated heterocycles. The molecule has 1 aliphatic rings. The molecule has 3 aromatic rings. The molecule has 7 heteroatoms. The lowest BCUT2D eigenvalue weighted by molar-refractivity contribution is 0.332. The van der Waals surface area contributed by atoms with E-state index in [1.807, 2.05) is 55.5 Å². The molecular weight excluding hydrogens is 406 g/mol. The highest BCUT2D eigenvalue weighted by atomic mass is 32.2. The lowest BCUT2D eigenvalue weighted by Crippen LogP contribution is -2.40. The third-order valence-electron chi connectivity index (χ3n) is 5.22. The van der Waals surface area contributed by atoms with E-state index in [1.54, 1.807) is 24.6 Å². The number of thiophene rings is 1. The summed E-state index contributed by atoms with van der Waals surface area (Å²) in [7, 11) is -0.437. The fraction of sp³-hybridized carbons (Fsp3) is 0.273. The zero-order valence-corrected chi connectivity index (χ0v) is 18.2. The van der Waals surface area contributed by atoms with E-state index in [9.17, 15) is 8.42 Å². The minimum atomic E-state index is -3.64. The molecule has 1 aliphatic heterocycles. The van der Waals surface area contributed by atoms with Gasteiger partial charge in [0, 0.05) is 11.4 Å². The maximum Gasteiger partial charge on any atom is 0.253 e. The van der Waals surface area contributed by atoms with Crippen LogP contribution in [0.4, 0.5) is 0 Å². The van der Waals surface area contributed by atoms with Gasteiger partial charge in [0.25, 0.3) is 10.0 Å². The Balaban J connectivity index is 1.90. The van der Waals surface area contributed by atoms with Gasteiger partial charge in [-0.2, -0.15) is 4.31 Å². The molecule has 1 atom stereocenters. The first-order valence-corrected chi connectivity index (χ1v) is 11.6. The molecule has 1 aromatic heterocycles. The fourth-order valence-corrected chi connectivity index (χ4v) is 6.84. The molecule has 0 amide bonds. The van der Waals surface area contributed by atoms with E-state index in [2.05, 4.69) is 0 Å². The standard InChI is InChI=1S/C22H23NO4S2/c1-15-9-10-21(28-15)29(24,25)23-12-11-17-13-19(26-2)20(27-3)14-18(17)22(23)16-7-5-4-6-8-16/h4-10,13-14,22H,11-12H2,1-3H3/t22-/m0/s1. The SMILES string of the molecule is COc1cc2c(cc1OC)[C@H](c1ccccc1)N(S(=O)(=O)c1ccc(C)s1)CC2. The number of methoxy groups -OCH3 is 2. The Hall–Kier alpha value is -2.35. The number of rotatable bonds is 5. The van der Waals surface area contributed by atoms with Crippen molar-refractivity contribution in [2.45, 2.75) is 23.6 Å². The van der Waals surface area contributed by atoms with Crippen LogP contribution in [0.5, 0.6) is 11.5 Å². The molecule has 0 fully saturated rings. The number of aryl methyl sites for hydroxylation is 1. The summed E-state index contributed by atoms with van der Waals surface area (Å²) in [5.41, 5.74) is 2.93. The Bertz CT molecular complexity index is 1120. The highest BCUT2D eigenvalue weighted by Gasteiger charge is 2.38. The maximum atomic E-state index is 13.6. The number of nitrogens with zero attached hydrogens (tertiary/aromatic N) is 1. The van der Waals surface area contributed by atoms with Gasteiger partial charge in [0.05, 0.1) is 20.3 Å². The normalized spacial score (nSPS) is 17.0. The van der Waals surface area contributed by atoms with E-state index in [4.69, 9.17) is 9.47 Å². The van der Waals surface area contributed by atoms with Gasteiger partial charge in [0.15, 0.2) is 11.5 Å². The molecule has 2 heterocycles. The fourth-order valence-electron chi connectivity index (χ4n) is 3.83. The first-order valence-electron chi connectivity index (χ1n) is 9.33. The van der Waals surface area contributed by atoms with E-state index in [1.165, 1.54) is 11.3 Å². The second kappa shape index (κ2) is 7.82. The number of benzene rings is 2. The predicted octanol–water partition coefficient (Wildman–Crippen LogP) is 4.41. The third-order valence-corrected chi connectivity index (χ3v) is 8.56. The summed E-state index contributed by atoms with van der Waals surface area (Å²) in [6.07, 6.45) is 0.614. The van der Waals surface area contributed by atoms with Gasteiger partial charge in [-0.25, -0.2) is 8.42 Å². The molecule has 0 bridgehead atoms. The Morgan fingerprint density at radius 2 is 1.69 bits per heavy atom. The molecule has 4 rings (SSSR count). The lowest BCUT2D eigenvalue weighted by Gasteiger charge is -2.36. The molecule has 2 aromatic carbocycles. The Morgan fingerprint density at radius 3 is 2.31 bits per heavy atom. The third kappa shape index (κ3) is 3.54. The smallest absolute Gasteiger partial charge is 0.253 e. The predicted molar refractivity (Wildman–Crippen MR) is 114 cm³/mol. The van der Waals surface area contributed by atoms with Crippen molar-refractivity contribution in [1.29, 1.82) is 0 Å². The zero-order chi connectivity index (χ0) is 20.6. The lowest BCUT2D eigenvalue weighted by atomic mass is 9.89. The summed E-state index contributed by atoms with van der Waals surface area (Å²) in [5, 5.41) is 0. The molecule has 0 N–H and O–H groups in total. The van der Waals surface area contributed by atoms with Crippen LogP contribution < -0.4 is 9.47 Å². The van der Waals surface area contributed by atoms with Crippen molar-refractivity contribution in [3.8, 4) is 11.5 Å².